The number of Topliss-reactive ketones (excluding diaryl/α,β-unsaturated/α-hetero) is 2. The molecule has 9 heteroatoms. The Hall–Kier alpha value is -5.57. The van der Waals surface area contributed by atoms with Gasteiger partial charge in [-0.1, -0.05) is 66.7 Å². The number of methoxy groups -OCH3 is 1. The summed E-state index contributed by atoms with van der Waals surface area (Å²) < 4.78 is 5.38. The van der Waals surface area contributed by atoms with Crippen LogP contribution in [0.15, 0.2) is 103 Å². The minimum Gasteiger partial charge on any atom is -0.497 e. The topological polar surface area (TPSA) is 119 Å². The molecule has 3 aliphatic heterocycles. The van der Waals surface area contributed by atoms with Crippen molar-refractivity contribution < 1.29 is 24.0 Å². The molecule has 4 aromatic rings. The molecule has 4 aromatic carbocycles. The zero-order valence-corrected chi connectivity index (χ0v) is 23.0. The quantitative estimate of drug-likeness (QED) is 0.182. The second-order valence-electron chi connectivity index (χ2n) is 10.9. The Labute approximate surface area is 246 Å². The number of carbonyl (C=O) groups excluding carboxylic acids is 3. The SMILES string of the molecule is COc1cccc(C(=O)[C@@H]2[C@H](C(=O)c3cccc([N+](=O)[O-])c3)[C@@]3(C(=O)Nc4ccccc43)[C@@H]3c4ccccc4C=CN23)c1. The van der Waals surface area contributed by atoms with E-state index in [1.54, 1.807) is 42.6 Å². The van der Waals surface area contributed by atoms with Gasteiger partial charge in [0, 0.05) is 35.1 Å². The predicted octanol–water partition coefficient (Wildman–Crippen LogP) is 5.59. The number of ketones is 2. The van der Waals surface area contributed by atoms with Crippen LogP contribution in [-0.4, -0.2) is 40.4 Å². The van der Waals surface area contributed by atoms with Crippen molar-refractivity contribution in [2.75, 3.05) is 12.4 Å². The van der Waals surface area contributed by atoms with Crippen LogP contribution in [-0.2, 0) is 10.2 Å². The molecule has 1 spiro atoms. The highest BCUT2D eigenvalue weighted by Gasteiger charge is 2.70. The number of nitro groups is 1. The zero-order chi connectivity index (χ0) is 29.9. The third-order valence-corrected chi connectivity index (χ3v) is 8.82. The molecule has 9 nitrogen and oxygen atoms in total. The van der Waals surface area contributed by atoms with E-state index in [0.29, 0.717) is 22.6 Å². The number of nitrogens with one attached hydrogen (secondary N) is 1. The number of hydrogen-bond acceptors (Lipinski definition) is 7. The molecule has 43 heavy (non-hydrogen) atoms. The van der Waals surface area contributed by atoms with Crippen LogP contribution >= 0.6 is 0 Å². The van der Waals surface area contributed by atoms with Gasteiger partial charge in [0.1, 0.15) is 17.2 Å². The van der Waals surface area contributed by atoms with Gasteiger partial charge in [0.25, 0.3) is 5.69 Å². The number of hydrogen-bond donors (Lipinski definition) is 1. The van der Waals surface area contributed by atoms with Gasteiger partial charge < -0.3 is 15.0 Å². The first-order chi connectivity index (χ1) is 20.9. The summed E-state index contributed by atoms with van der Waals surface area (Å²) in [6.45, 7) is 0. The minimum absolute atomic E-state index is 0.0521. The third-order valence-electron chi connectivity index (χ3n) is 8.82. The highest BCUT2D eigenvalue weighted by Crippen LogP contribution is 2.62. The number of carbonyl (C=O) groups is 3. The molecule has 0 saturated carbocycles. The number of nitrogens with zero attached hydrogens (tertiary/aromatic N) is 2. The van der Waals surface area contributed by atoms with Crippen molar-refractivity contribution in [3.05, 3.63) is 141 Å². The van der Waals surface area contributed by atoms with E-state index >= 15 is 0 Å². The fourth-order valence-electron chi connectivity index (χ4n) is 7.07. The Morgan fingerprint density at radius 2 is 1.63 bits per heavy atom. The Balaban J connectivity index is 1.53. The molecule has 1 N–H and O–H groups in total. The number of rotatable bonds is 6. The maximum atomic E-state index is 14.8. The molecule has 0 aliphatic carbocycles. The Kier molecular flexibility index (Phi) is 5.98. The fraction of sp³-hybridized carbons (Fsp3) is 0.147. The standard InChI is InChI=1S/C34H25N3O6/c1-43-24-12-7-10-22(19-24)31(39)29-28(30(38)21-9-6-11-23(18-21)37(41)42)34(26-14-4-5-15-27(26)35-33(34)40)32-25-13-3-2-8-20(25)16-17-36(29)32/h2-19,28-29,32H,1H3,(H,35,40)/t28-,29+,32+,34-/m1/s1. The van der Waals surface area contributed by atoms with Gasteiger partial charge in [-0.25, -0.2) is 0 Å². The number of fused-ring (bicyclic) bond motifs is 6. The van der Waals surface area contributed by atoms with Gasteiger partial charge >= 0.3 is 0 Å². The van der Waals surface area contributed by atoms with Crippen molar-refractivity contribution in [2.45, 2.75) is 17.5 Å². The van der Waals surface area contributed by atoms with Crippen molar-refractivity contribution >= 4 is 34.9 Å². The van der Waals surface area contributed by atoms with Crippen LogP contribution < -0.4 is 10.1 Å². The van der Waals surface area contributed by atoms with Gasteiger partial charge in [-0.15, -0.1) is 0 Å². The van der Waals surface area contributed by atoms with Gasteiger partial charge in [-0.3, -0.25) is 24.5 Å². The van der Waals surface area contributed by atoms with Gasteiger partial charge in [-0.2, -0.15) is 0 Å². The van der Waals surface area contributed by atoms with Crippen molar-refractivity contribution in [3.63, 3.8) is 0 Å². The van der Waals surface area contributed by atoms with Gasteiger partial charge in [-0.05, 0) is 41.0 Å². The van der Waals surface area contributed by atoms with Crippen LogP contribution in [0.1, 0.15) is 43.4 Å². The molecule has 0 radical (unpaired) electrons. The molecule has 0 unspecified atom stereocenters. The van der Waals surface area contributed by atoms with Crippen molar-refractivity contribution in [2.24, 2.45) is 5.92 Å². The summed E-state index contributed by atoms with van der Waals surface area (Å²) in [5.41, 5.74) is 1.42. The summed E-state index contributed by atoms with van der Waals surface area (Å²) >= 11 is 0. The van der Waals surface area contributed by atoms with Crippen LogP contribution in [0.3, 0.4) is 0 Å². The molecule has 212 valence electrons. The number of anilines is 1. The van der Waals surface area contributed by atoms with E-state index in [1.807, 2.05) is 47.4 Å². The minimum atomic E-state index is -1.53. The Morgan fingerprint density at radius 1 is 0.907 bits per heavy atom. The summed E-state index contributed by atoms with van der Waals surface area (Å²) in [5, 5.41) is 14.7. The number of para-hydroxylation sites is 1. The average molecular weight is 572 g/mol. The van der Waals surface area contributed by atoms with Gasteiger partial charge in [0.05, 0.1) is 24.0 Å². The lowest BCUT2D eigenvalue weighted by atomic mass is 9.62. The highest BCUT2D eigenvalue weighted by atomic mass is 16.6. The monoisotopic (exact) mass is 571 g/mol. The van der Waals surface area contributed by atoms with Crippen molar-refractivity contribution in [1.29, 1.82) is 0 Å². The van der Waals surface area contributed by atoms with E-state index in [1.165, 1.54) is 31.4 Å². The Bertz CT molecular complexity index is 1880. The van der Waals surface area contributed by atoms with Crippen molar-refractivity contribution in [1.82, 2.24) is 4.90 Å². The van der Waals surface area contributed by atoms with E-state index in [2.05, 4.69) is 5.32 Å². The largest absolute Gasteiger partial charge is 0.497 e. The molecule has 4 atom stereocenters. The zero-order valence-electron chi connectivity index (χ0n) is 23.0. The molecule has 1 amide bonds. The van der Waals surface area contributed by atoms with E-state index in [-0.39, 0.29) is 17.0 Å². The molecule has 3 heterocycles. The van der Waals surface area contributed by atoms with Crippen LogP contribution in [0.25, 0.3) is 6.08 Å². The predicted molar refractivity (Wildman–Crippen MR) is 159 cm³/mol. The van der Waals surface area contributed by atoms with E-state index in [0.717, 1.165) is 11.1 Å². The van der Waals surface area contributed by atoms with Crippen LogP contribution in [0.5, 0.6) is 5.75 Å². The first-order valence-corrected chi connectivity index (χ1v) is 13.8. The summed E-state index contributed by atoms with van der Waals surface area (Å²) in [6, 6.07) is 25.1. The fourth-order valence-corrected chi connectivity index (χ4v) is 7.07. The Morgan fingerprint density at radius 3 is 2.42 bits per heavy atom. The lowest BCUT2D eigenvalue weighted by Gasteiger charge is -2.38. The maximum Gasteiger partial charge on any atom is 0.270 e. The summed E-state index contributed by atoms with van der Waals surface area (Å²) in [6.07, 6.45) is 3.66. The summed E-state index contributed by atoms with van der Waals surface area (Å²) in [7, 11) is 1.50. The summed E-state index contributed by atoms with van der Waals surface area (Å²) in [4.78, 5) is 56.9. The number of benzene rings is 4. The molecule has 0 bridgehead atoms. The van der Waals surface area contributed by atoms with Gasteiger partial charge in [0.15, 0.2) is 11.6 Å². The van der Waals surface area contributed by atoms with Crippen LogP contribution in [0.4, 0.5) is 11.4 Å². The van der Waals surface area contributed by atoms with Crippen LogP contribution in [0, 0.1) is 16.0 Å². The summed E-state index contributed by atoms with van der Waals surface area (Å²) in [5.74, 6) is -2.07. The van der Waals surface area contributed by atoms with E-state index in [9.17, 15) is 24.5 Å². The first kappa shape index (κ1) is 26.3. The molecule has 1 saturated heterocycles. The van der Waals surface area contributed by atoms with E-state index in [4.69, 9.17) is 4.74 Å². The van der Waals surface area contributed by atoms with Gasteiger partial charge in [0.2, 0.25) is 5.91 Å². The molecule has 0 aromatic heterocycles. The number of non-ortho nitro benzene ring substituents is 1. The van der Waals surface area contributed by atoms with Crippen molar-refractivity contribution in [3.8, 4) is 5.75 Å². The lowest BCUT2D eigenvalue weighted by molar-refractivity contribution is -0.384. The number of ether oxygens (including phenoxy) is 1. The normalized spacial score (nSPS) is 22.9. The molecular formula is C34H25N3O6. The lowest BCUT2D eigenvalue weighted by Crippen LogP contribution is -2.49. The highest BCUT2D eigenvalue weighted by molar-refractivity contribution is 6.16. The smallest absolute Gasteiger partial charge is 0.270 e. The second-order valence-corrected chi connectivity index (χ2v) is 10.9. The third kappa shape index (κ3) is 3.74. The second kappa shape index (κ2) is 9.77. The number of nitro benzene ring substituents is 1. The molecule has 7 rings (SSSR count). The molecular weight excluding hydrogens is 546 g/mol. The van der Waals surface area contributed by atoms with E-state index < -0.39 is 40.0 Å². The number of amides is 1. The van der Waals surface area contributed by atoms with Crippen LogP contribution in [0.2, 0.25) is 0 Å². The molecule has 1 fully saturated rings. The molecule has 3 aliphatic rings. The average Bonchev–Trinajstić information content (AvgIpc) is 3.52. The first-order valence-electron chi connectivity index (χ1n) is 13.8. The maximum absolute atomic E-state index is 14.8.